The Hall–Kier alpha value is -2.24. The van der Waals surface area contributed by atoms with Gasteiger partial charge in [-0.05, 0) is 32.0 Å². The fourth-order valence-electron chi connectivity index (χ4n) is 1.79. The van der Waals surface area contributed by atoms with Crippen molar-refractivity contribution < 1.29 is 28.5 Å². The molecule has 6 nitrogen and oxygen atoms in total. The van der Waals surface area contributed by atoms with Gasteiger partial charge in [0.05, 0.1) is 24.9 Å². The Morgan fingerprint density at radius 1 is 1.19 bits per heavy atom. The summed E-state index contributed by atoms with van der Waals surface area (Å²) in [6.45, 7) is 4.16. The van der Waals surface area contributed by atoms with Gasteiger partial charge in [0.2, 0.25) is 0 Å². The van der Waals surface area contributed by atoms with Crippen molar-refractivity contribution in [1.29, 1.82) is 0 Å². The first-order valence-electron chi connectivity index (χ1n) is 6.82. The van der Waals surface area contributed by atoms with E-state index in [1.807, 2.05) is 0 Å². The number of rotatable bonds is 4. The van der Waals surface area contributed by atoms with E-state index < -0.39 is 18.5 Å². The van der Waals surface area contributed by atoms with Crippen LogP contribution in [0.4, 0.5) is 0 Å². The molecule has 21 heavy (non-hydrogen) atoms. The Labute approximate surface area is 122 Å². The lowest BCUT2D eigenvalue weighted by molar-refractivity contribution is -0.150. The standard InChI is InChI=1S/C15H18O6/c1-10(2)21-14(16)9-20-15(17)11-4-5-12-13(8-11)19-7-3-6-18-12/h4-5,8,10H,3,6-7,9H2,1-2H3. The van der Waals surface area contributed by atoms with Gasteiger partial charge >= 0.3 is 11.9 Å². The van der Waals surface area contributed by atoms with Crippen molar-refractivity contribution in [2.75, 3.05) is 19.8 Å². The average Bonchev–Trinajstić information content (AvgIpc) is 2.68. The molecule has 0 saturated heterocycles. The van der Waals surface area contributed by atoms with Crippen LogP contribution in [0, 0.1) is 0 Å². The summed E-state index contributed by atoms with van der Waals surface area (Å²) in [6.07, 6.45) is 0.546. The Bertz CT molecular complexity index is 523. The molecule has 0 amide bonds. The van der Waals surface area contributed by atoms with Crippen LogP contribution in [0.2, 0.25) is 0 Å². The Balaban J connectivity index is 1.96. The summed E-state index contributed by atoms with van der Waals surface area (Å²) in [5, 5.41) is 0. The van der Waals surface area contributed by atoms with E-state index in [0.29, 0.717) is 30.3 Å². The molecular weight excluding hydrogens is 276 g/mol. The Kier molecular flexibility index (Phi) is 5.03. The van der Waals surface area contributed by atoms with Crippen molar-refractivity contribution in [2.24, 2.45) is 0 Å². The molecule has 0 spiro atoms. The molecule has 0 fully saturated rings. The van der Waals surface area contributed by atoms with E-state index in [2.05, 4.69) is 0 Å². The van der Waals surface area contributed by atoms with Gasteiger partial charge in [0.15, 0.2) is 18.1 Å². The van der Waals surface area contributed by atoms with Gasteiger partial charge in [0, 0.05) is 6.42 Å². The minimum absolute atomic E-state index is 0.241. The number of carbonyl (C=O) groups excluding carboxylic acids is 2. The Morgan fingerprint density at radius 2 is 1.90 bits per heavy atom. The summed E-state index contributed by atoms with van der Waals surface area (Å²) in [7, 11) is 0. The highest BCUT2D eigenvalue weighted by Crippen LogP contribution is 2.30. The quantitative estimate of drug-likeness (QED) is 0.790. The molecule has 0 aromatic heterocycles. The number of esters is 2. The van der Waals surface area contributed by atoms with E-state index in [-0.39, 0.29) is 6.10 Å². The number of hydrogen-bond acceptors (Lipinski definition) is 6. The molecule has 0 atom stereocenters. The molecule has 0 aliphatic carbocycles. The third-order valence-electron chi connectivity index (χ3n) is 2.67. The van der Waals surface area contributed by atoms with Crippen molar-refractivity contribution in [1.82, 2.24) is 0 Å². The van der Waals surface area contributed by atoms with Crippen LogP contribution in [0.15, 0.2) is 18.2 Å². The SMILES string of the molecule is CC(C)OC(=O)COC(=O)c1ccc2c(c1)OCCCO2. The first-order chi connectivity index (χ1) is 10.1. The van der Waals surface area contributed by atoms with Gasteiger partial charge in [-0.15, -0.1) is 0 Å². The van der Waals surface area contributed by atoms with Crippen LogP contribution in [0.1, 0.15) is 30.6 Å². The minimum atomic E-state index is -0.605. The molecule has 0 saturated carbocycles. The van der Waals surface area contributed by atoms with Gasteiger partial charge in [-0.25, -0.2) is 9.59 Å². The van der Waals surface area contributed by atoms with Crippen molar-refractivity contribution >= 4 is 11.9 Å². The van der Waals surface area contributed by atoms with Crippen molar-refractivity contribution in [3.05, 3.63) is 23.8 Å². The summed E-state index contributed by atoms with van der Waals surface area (Å²) < 4.78 is 20.8. The molecule has 0 N–H and O–H groups in total. The normalized spacial score (nSPS) is 13.5. The number of fused-ring (bicyclic) bond motifs is 1. The summed E-state index contributed by atoms with van der Waals surface area (Å²) in [6, 6.07) is 4.78. The van der Waals surface area contributed by atoms with Crippen LogP contribution in [0.3, 0.4) is 0 Å². The highest BCUT2D eigenvalue weighted by atomic mass is 16.6. The molecule has 1 heterocycles. The maximum Gasteiger partial charge on any atom is 0.344 e. The summed E-state index contributed by atoms with van der Waals surface area (Å²) in [4.78, 5) is 23.2. The van der Waals surface area contributed by atoms with E-state index >= 15 is 0 Å². The van der Waals surface area contributed by atoms with Crippen molar-refractivity contribution in [2.45, 2.75) is 26.4 Å². The average molecular weight is 294 g/mol. The first kappa shape index (κ1) is 15.2. The first-order valence-corrected chi connectivity index (χ1v) is 6.82. The van der Waals surface area contributed by atoms with Gasteiger partial charge in [-0.3, -0.25) is 0 Å². The molecule has 0 unspecified atom stereocenters. The van der Waals surface area contributed by atoms with Crippen LogP contribution >= 0.6 is 0 Å². The molecule has 1 aliphatic heterocycles. The second kappa shape index (κ2) is 6.97. The highest BCUT2D eigenvalue weighted by Gasteiger charge is 2.16. The molecule has 1 aliphatic rings. The van der Waals surface area contributed by atoms with E-state index in [4.69, 9.17) is 18.9 Å². The predicted octanol–water partition coefficient (Wildman–Crippen LogP) is 1.96. The molecular formula is C15H18O6. The van der Waals surface area contributed by atoms with Gasteiger partial charge in [0.25, 0.3) is 0 Å². The van der Waals surface area contributed by atoms with Crippen LogP contribution in [-0.4, -0.2) is 37.9 Å². The molecule has 114 valence electrons. The lowest BCUT2D eigenvalue weighted by atomic mass is 10.2. The van der Waals surface area contributed by atoms with Crippen LogP contribution in [0.5, 0.6) is 11.5 Å². The number of hydrogen-bond donors (Lipinski definition) is 0. The van der Waals surface area contributed by atoms with E-state index in [1.54, 1.807) is 32.0 Å². The third-order valence-corrected chi connectivity index (χ3v) is 2.67. The maximum atomic E-state index is 11.9. The van der Waals surface area contributed by atoms with Crippen LogP contribution in [0.25, 0.3) is 0 Å². The number of ether oxygens (including phenoxy) is 4. The third kappa shape index (κ3) is 4.37. The molecule has 0 bridgehead atoms. The highest BCUT2D eigenvalue weighted by molar-refractivity contribution is 5.91. The van der Waals surface area contributed by atoms with Gasteiger partial charge in [0.1, 0.15) is 0 Å². The van der Waals surface area contributed by atoms with Gasteiger partial charge in [-0.1, -0.05) is 0 Å². The van der Waals surface area contributed by atoms with Crippen LogP contribution < -0.4 is 9.47 Å². The monoisotopic (exact) mass is 294 g/mol. The van der Waals surface area contributed by atoms with E-state index in [9.17, 15) is 9.59 Å². The van der Waals surface area contributed by atoms with Crippen molar-refractivity contribution in [3.8, 4) is 11.5 Å². The van der Waals surface area contributed by atoms with Crippen molar-refractivity contribution in [3.63, 3.8) is 0 Å². The topological polar surface area (TPSA) is 71.1 Å². The molecule has 6 heteroatoms. The minimum Gasteiger partial charge on any atom is -0.490 e. The zero-order valence-corrected chi connectivity index (χ0v) is 12.1. The fraction of sp³-hybridized carbons (Fsp3) is 0.467. The maximum absolute atomic E-state index is 11.9. The van der Waals surface area contributed by atoms with Crippen LogP contribution in [-0.2, 0) is 14.3 Å². The fourth-order valence-corrected chi connectivity index (χ4v) is 1.79. The van der Waals surface area contributed by atoms with E-state index in [1.165, 1.54) is 0 Å². The second-order valence-corrected chi connectivity index (χ2v) is 4.83. The molecule has 0 radical (unpaired) electrons. The predicted molar refractivity (Wildman–Crippen MR) is 73.6 cm³/mol. The molecule has 2 rings (SSSR count). The summed E-state index contributed by atoms with van der Waals surface area (Å²) in [5.41, 5.74) is 0.302. The lowest BCUT2D eigenvalue weighted by Crippen LogP contribution is -2.19. The van der Waals surface area contributed by atoms with Gasteiger partial charge < -0.3 is 18.9 Å². The lowest BCUT2D eigenvalue weighted by Gasteiger charge is -2.10. The number of benzene rings is 1. The second-order valence-electron chi connectivity index (χ2n) is 4.83. The summed E-state index contributed by atoms with van der Waals surface area (Å²) in [5.74, 6) is -0.0750. The Morgan fingerprint density at radius 3 is 2.62 bits per heavy atom. The zero-order chi connectivity index (χ0) is 15.2. The molecule has 1 aromatic rings. The summed E-state index contributed by atoms with van der Waals surface area (Å²) >= 11 is 0. The van der Waals surface area contributed by atoms with E-state index in [0.717, 1.165) is 6.42 Å². The number of carbonyl (C=O) groups is 2. The van der Waals surface area contributed by atoms with Gasteiger partial charge in [-0.2, -0.15) is 0 Å². The zero-order valence-electron chi connectivity index (χ0n) is 12.1. The largest absolute Gasteiger partial charge is 0.490 e. The molecule has 1 aromatic carbocycles. The smallest absolute Gasteiger partial charge is 0.344 e.